The largest absolute Gasteiger partial charge is 0.468 e. The van der Waals surface area contributed by atoms with Crippen LogP contribution in [0.25, 0.3) is 0 Å². The van der Waals surface area contributed by atoms with Gasteiger partial charge in [-0.2, -0.15) is 0 Å². The molecule has 4 nitrogen and oxygen atoms in total. The number of fused-ring (bicyclic) bond motifs is 1. The molecule has 3 heterocycles. The van der Waals surface area contributed by atoms with Crippen molar-refractivity contribution in [1.29, 1.82) is 0 Å². The monoisotopic (exact) mass is 298 g/mol. The minimum Gasteiger partial charge on any atom is -0.468 e. The third-order valence-corrected chi connectivity index (χ3v) is 4.85. The zero-order valence-corrected chi connectivity index (χ0v) is 12.8. The zero-order chi connectivity index (χ0) is 14.9. The van der Waals surface area contributed by atoms with Gasteiger partial charge in [-0.15, -0.1) is 0 Å². The summed E-state index contributed by atoms with van der Waals surface area (Å²) in [6, 6.07) is 7.76. The molecule has 22 heavy (non-hydrogen) atoms. The van der Waals surface area contributed by atoms with E-state index in [-0.39, 0.29) is 5.56 Å². The van der Waals surface area contributed by atoms with Crippen LogP contribution in [-0.4, -0.2) is 22.6 Å². The SMILES string of the molecule is O=c1ccc2c(n1CC1CC1)CCN(Cc1ccco1)CC2. The minimum absolute atomic E-state index is 0.171. The summed E-state index contributed by atoms with van der Waals surface area (Å²) in [5, 5.41) is 0. The number of rotatable bonds is 4. The lowest BCUT2D eigenvalue weighted by atomic mass is 10.1. The average Bonchev–Trinajstić information content (AvgIpc) is 3.23. The molecule has 0 aromatic carbocycles. The summed E-state index contributed by atoms with van der Waals surface area (Å²) < 4.78 is 7.51. The van der Waals surface area contributed by atoms with Gasteiger partial charge in [-0.3, -0.25) is 9.69 Å². The first-order valence-electron chi connectivity index (χ1n) is 8.26. The summed E-state index contributed by atoms with van der Waals surface area (Å²) in [5.74, 6) is 1.74. The molecule has 1 aliphatic heterocycles. The van der Waals surface area contributed by atoms with E-state index in [4.69, 9.17) is 4.42 Å². The zero-order valence-electron chi connectivity index (χ0n) is 12.8. The van der Waals surface area contributed by atoms with Gasteiger partial charge in [0.25, 0.3) is 5.56 Å². The first kappa shape index (κ1) is 13.8. The Morgan fingerprint density at radius 2 is 2.00 bits per heavy atom. The Hall–Kier alpha value is -1.81. The molecular formula is C18H22N2O2. The molecule has 4 rings (SSSR count). The molecule has 0 saturated heterocycles. The van der Waals surface area contributed by atoms with Gasteiger partial charge in [-0.1, -0.05) is 6.07 Å². The number of pyridine rings is 1. The molecule has 0 atom stereocenters. The minimum atomic E-state index is 0.171. The van der Waals surface area contributed by atoms with Crippen molar-refractivity contribution < 1.29 is 4.42 Å². The summed E-state index contributed by atoms with van der Waals surface area (Å²) >= 11 is 0. The molecule has 1 aliphatic carbocycles. The molecular weight excluding hydrogens is 276 g/mol. The second-order valence-corrected chi connectivity index (χ2v) is 6.55. The Morgan fingerprint density at radius 3 is 2.77 bits per heavy atom. The van der Waals surface area contributed by atoms with Gasteiger partial charge in [0.1, 0.15) is 5.76 Å². The van der Waals surface area contributed by atoms with Gasteiger partial charge in [0.05, 0.1) is 12.8 Å². The Labute approximate surface area is 130 Å². The second kappa shape index (κ2) is 5.76. The number of hydrogen-bond donors (Lipinski definition) is 0. The van der Waals surface area contributed by atoms with Gasteiger partial charge < -0.3 is 8.98 Å². The second-order valence-electron chi connectivity index (χ2n) is 6.55. The fraction of sp³-hybridized carbons (Fsp3) is 0.500. The summed E-state index contributed by atoms with van der Waals surface area (Å²) in [6.45, 7) is 3.78. The van der Waals surface area contributed by atoms with Crippen LogP contribution in [0.4, 0.5) is 0 Å². The van der Waals surface area contributed by atoms with Crippen LogP contribution in [0.3, 0.4) is 0 Å². The highest BCUT2D eigenvalue weighted by Crippen LogP contribution is 2.31. The van der Waals surface area contributed by atoms with E-state index in [9.17, 15) is 4.79 Å². The van der Waals surface area contributed by atoms with Crippen LogP contribution in [-0.2, 0) is 25.9 Å². The fourth-order valence-corrected chi connectivity index (χ4v) is 3.38. The van der Waals surface area contributed by atoms with E-state index in [0.717, 1.165) is 50.7 Å². The first-order chi connectivity index (χ1) is 10.8. The van der Waals surface area contributed by atoms with E-state index in [2.05, 4.69) is 4.90 Å². The Morgan fingerprint density at radius 1 is 1.14 bits per heavy atom. The van der Waals surface area contributed by atoms with Crippen molar-refractivity contribution in [2.75, 3.05) is 13.1 Å². The van der Waals surface area contributed by atoms with E-state index < -0.39 is 0 Å². The summed E-state index contributed by atoms with van der Waals surface area (Å²) in [7, 11) is 0. The summed E-state index contributed by atoms with van der Waals surface area (Å²) in [5.41, 5.74) is 2.79. The molecule has 2 aromatic heterocycles. The van der Waals surface area contributed by atoms with Crippen molar-refractivity contribution in [1.82, 2.24) is 9.47 Å². The number of furan rings is 1. The molecule has 116 valence electrons. The maximum Gasteiger partial charge on any atom is 0.250 e. The van der Waals surface area contributed by atoms with Crippen molar-refractivity contribution in [2.45, 2.75) is 38.8 Å². The van der Waals surface area contributed by atoms with Crippen molar-refractivity contribution in [3.63, 3.8) is 0 Å². The predicted molar refractivity (Wildman–Crippen MR) is 84.8 cm³/mol. The van der Waals surface area contributed by atoms with E-state index in [1.807, 2.05) is 22.8 Å². The molecule has 0 spiro atoms. The van der Waals surface area contributed by atoms with Gasteiger partial charge >= 0.3 is 0 Å². The normalized spacial score (nSPS) is 18.9. The third kappa shape index (κ3) is 2.88. The van der Waals surface area contributed by atoms with Crippen LogP contribution in [0, 0.1) is 5.92 Å². The van der Waals surface area contributed by atoms with Crippen molar-refractivity contribution in [3.8, 4) is 0 Å². The quantitative estimate of drug-likeness (QED) is 0.870. The first-order valence-corrected chi connectivity index (χ1v) is 8.26. The van der Waals surface area contributed by atoms with E-state index >= 15 is 0 Å². The molecule has 0 radical (unpaired) electrons. The van der Waals surface area contributed by atoms with Crippen LogP contribution >= 0.6 is 0 Å². The van der Waals surface area contributed by atoms with Gasteiger partial charge in [-0.05, 0) is 42.9 Å². The van der Waals surface area contributed by atoms with Crippen LogP contribution < -0.4 is 5.56 Å². The third-order valence-electron chi connectivity index (χ3n) is 4.85. The van der Waals surface area contributed by atoms with Gasteiger partial charge in [0.15, 0.2) is 0 Å². The summed E-state index contributed by atoms with van der Waals surface area (Å²) in [6.07, 6.45) is 6.26. The molecule has 1 saturated carbocycles. The molecule has 0 N–H and O–H groups in total. The molecule has 4 heteroatoms. The smallest absolute Gasteiger partial charge is 0.250 e. The van der Waals surface area contributed by atoms with Gasteiger partial charge in [-0.25, -0.2) is 0 Å². The van der Waals surface area contributed by atoms with Crippen LogP contribution in [0.2, 0.25) is 0 Å². The highest BCUT2D eigenvalue weighted by atomic mass is 16.3. The average molecular weight is 298 g/mol. The van der Waals surface area contributed by atoms with Crippen molar-refractivity contribution in [3.05, 3.63) is 57.9 Å². The Bertz CT molecular complexity index is 698. The van der Waals surface area contributed by atoms with Crippen LogP contribution in [0.1, 0.15) is 29.9 Å². The van der Waals surface area contributed by atoms with Gasteiger partial charge in [0, 0.05) is 37.8 Å². The number of nitrogens with zero attached hydrogens (tertiary/aromatic N) is 2. The molecule has 2 aromatic rings. The van der Waals surface area contributed by atoms with Crippen LogP contribution in [0.5, 0.6) is 0 Å². The molecule has 0 bridgehead atoms. The highest BCUT2D eigenvalue weighted by molar-refractivity contribution is 5.24. The number of hydrogen-bond acceptors (Lipinski definition) is 3. The number of aromatic nitrogens is 1. The lowest BCUT2D eigenvalue weighted by Gasteiger charge is -2.18. The van der Waals surface area contributed by atoms with Gasteiger partial charge in [0.2, 0.25) is 0 Å². The molecule has 0 amide bonds. The lowest BCUT2D eigenvalue weighted by molar-refractivity contribution is 0.254. The maximum atomic E-state index is 12.2. The predicted octanol–water partition coefficient (Wildman–Crippen LogP) is 2.45. The lowest BCUT2D eigenvalue weighted by Crippen LogP contribution is -2.27. The molecule has 0 unspecified atom stereocenters. The van der Waals surface area contributed by atoms with Crippen molar-refractivity contribution in [2.24, 2.45) is 5.92 Å². The van der Waals surface area contributed by atoms with E-state index in [1.165, 1.54) is 24.1 Å². The van der Waals surface area contributed by atoms with Crippen LogP contribution in [0.15, 0.2) is 39.7 Å². The van der Waals surface area contributed by atoms with E-state index in [1.54, 1.807) is 12.3 Å². The molecule has 1 fully saturated rings. The van der Waals surface area contributed by atoms with Crippen molar-refractivity contribution >= 4 is 0 Å². The Balaban J connectivity index is 1.54. The summed E-state index contributed by atoms with van der Waals surface area (Å²) in [4.78, 5) is 14.7. The maximum absolute atomic E-state index is 12.2. The topological polar surface area (TPSA) is 38.4 Å². The molecule has 2 aliphatic rings. The highest BCUT2D eigenvalue weighted by Gasteiger charge is 2.25. The fourth-order valence-electron chi connectivity index (χ4n) is 3.38. The Kier molecular flexibility index (Phi) is 3.62. The standard InChI is InChI=1S/C18H22N2O2/c21-18-6-5-15-7-9-19(13-16-2-1-11-22-16)10-8-17(15)20(18)12-14-3-4-14/h1-2,5-6,11,14H,3-4,7-10,12-13H2. The van der Waals surface area contributed by atoms with E-state index in [0.29, 0.717) is 0 Å².